The van der Waals surface area contributed by atoms with Gasteiger partial charge in [0.25, 0.3) is 0 Å². The third-order valence-corrected chi connectivity index (χ3v) is 5.69. The van der Waals surface area contributed by atoms with Crippen LogP contribution in [0, 0.1) is 5.92 Å². The van der Waals surface area contributed by atoms with Crippen LogP contribution in [0.15, 0.2) is 36.7 Å². The predicted molar refractivity (Wildman–Crippen MR) is 121 cm³/mol. The maximum atomic E-state index is 12.8. The van der Waals surface area contributed by atoms with Gasteiger partial charge in [0.2, 0.25) is 5.91 Å². The van der Waals surface area contributed by atoms with Crippen LogP contribution in [-0.4, -0.2) is 63.1 Å². The number of likely N-dealkylation sites (tertiary alicyclic amines) is 1. The number of carbonyl (C=O) groups excluding carboxylic acids is 1. The van der Waals surface area contributed by atoms with E-state index in [2.05, 4.69) is 25.5 Å². The first-order valence-corrected chi connectivity index (χ1v) is 10.9. The standard InChI is InChI=1S/C23H30N6O2/c1-16(2)31-11-10-29-8-6-17(7-9-29)23(30)25-22-13-19-12-18(4-5-21(19)26-27-22)20-14-24-28(3)15-20/h4-5,12-17H,6-11H2,1-3H3,(H,25,27,30). The second-order valence-corrected chi connectivity index (χ2v) is 8.43. The number of benzene rings is 1. The minimum absolute atomic E-state index is 0.00138. The van der Waals surface area contributed by atoms with Crippen LogP contribution < -0.4 is 5.32 Å². The molecule has 3 heterocycles. The molecule has 3 aromatic rings. The Kier molecular flexibility index (Phi) is 6.58. The van der Waals surface area contributed by atoms with E-state index >= 15 is 0 Å². The van der Waals surface area contributed by atoms with Crippen LogP contribution in [0.25, 0.3) is 22.0 Å². The van der Waals surface area contributed by atoms with E-state index in [1.54, 1.807) is 4.68 Å². The summed E-state index contributed by atoms with van der Waals surface area (Å²) in [6, 6.07) is 7.88. The van der Waals surface area contributed by atoms with Crippen molar-refractivity contribution in [2.24, 2.45) is 13.0 Å². The molecule has 1 aromatic carbocycles. The number of aryl methyl sites for hydroxylation is 1. The number of rotatable bonds is 7. The summed E-state index contributed by atoms with van der Waals surface area (Å²) < 4.78 is 7.41. The van der Waals surface area contributed by atoms with E-state index < -0.39 is 0 Å². The number of anilines is 1. The molecule has 8 nitrogen and oxygen atoms in total. The zero-order chi connectivity index (χ0) is 21.8. The quantitative estimate of drug-likeness (QED) is 0.630. The molecule has 164 valence electrons. The Morgan fingerprint density at radius 3 is 2.71 bits per heavy atom. The second kappa shape index (κ2) is 9.53. The molecule has 1 N–H and O–H groups in total. The number of piperidine rings is 1. The third-order valence-electron chi connectivity index (χ3n) is 5.69. The molecule has 1 aliphatic rings. The first kappa shape index (κ1) is 21.4. The fourth-order valence-corrected chi connectivity index (χ4v) is 3.92. The van der Waals surface area contributed by atoms with Crippen molar-refractivity contribution in [2.75, 3.05) is 31.6 Å². The summed E-state index contributed by atoms with van der Waals surface area (Å²) >= 11 is 0. The van der Waals surface area contributed by atoms with Crippen LogP contribution in [0.2, 0.25) is 0 Å². The van der Waals surface area contributed by atoms with Crippen LogP contribution in [0.5, 0.6) is 0 Å². The summed E-state index contributed by atoms with van der Waals surface area (Å²) in [5.41, 5.74) is 2.89. The number of fused-ring (bicyclic) bond motifs is 1. The van der Waals surface area contributed by atoms with Crippen molar-refractivity contribution in [3.05, 3.63) is 36.7 Å². The molecule has 0 radical (unpaired) electrons. The number of hydrogen-bond donors (Lipinski definition) is 1. The molecule has 1 aliphatic heterocycles. The lowest BCUT2D eigenvalue weighted by Gasteiger charge is -2.31. The number of nitrogens with zero attached hydrogens (tertiary/aromatic N) is 5. The van der Waals surface area contributed by atoms with Crippen molar-refractivity contribution in [3.8, 4) is 11.1 Å². The van der Waals surface area contributed by atoms with E-state index in [9.17, 15) is 4.79 Å². The summed E-state index contributed by atoms with van der Waals surface area (Å²) in [6.07, 6.45) is 5.76. The van der Waals surface area contributed by atoms with Gasteiger partial charge >= 0.3 is 0 Å². The number of hydrogen-bond acceptors (Lipinski definition) is 6. The van der Waals surface area contributed by atoms with E-state index in [1.165, 1.54) is 0 Å². The van der Waals surface area contributed by atoms with Gasteiger partial charge in [0.15, 0.2) is 5.82 Å². The van der Waals surface area contributed by atoms with Gasteiger partial charge in [-0.2, -0.15) is 5.10 Å². The van der Waals surface area contributed by atoms with Crippen molar-refractivity contribution in [2.45, 2.75) is 32.8 Å². The summed E-state index contributed by atoms with van der Waals surface area (Å²) in [7, 11) is 1.90. The fourth-order valence-electron chi connectivity index (χ4n) is 3.92. The lowest BCUT2D eigenvalue weighted by atomic mass is 9.96. The number of aromatic nitrogens is 4. The topological polar surface area (TPSA) is 85.2 Å². The Morgan fingerprint density at radius 1 is 1.19 bits per heavy atom. The van der Waals surface area contributed by atoms with Crippen molar-refractivity contribution in [1.82, 2.24) is 24.9 Å². The maximum Gasteiger partial charge on any atom is 0.228 e. The third kappa shape index (κ3) is 5.45. The fraction of sp³-hybridized carbons (Fsp3) is 0.478. The Balaban J connectivity index is 1.36. The minimum Gasteiger partial charge on any atom is -0.377 e. The molecule has 2 aromatic heterocycles. The molecule has 0 spiro atoms. The number of carbonyl (C=O) groups is 1. The highest BCUT2D eigenvalue weighted by Gasteiger charge is 2.25. The molecule has 1 fully saturated rings. The van der Waals surface area contributed by atoms with Gasteiger partial charge in [0.1, 0.15) is 0 Å². The largest absolute Gasteiger partial charge is 0.377 e. The molecule has 0 bridgehead atoms. The lowest BCUT2D eigenvalue weighted by Crippen LogP contribution is -2.39. The van der Waals surface area contributed by atoms with E-state index in [0.717, 1.165) is 61.1 Å². The Hall–Kier alpha value is -2.84. The van der Waals surface area contributed by atoms with Crippen molar-refractivity contribution >= 4 is 22.6 Å². The number of ether oxygens (including phenoxy) is 1. The number of amides is 1. The Morgan fingerprint density at radius 2 is 2.00 bits per heavy atom. The summed E-state index contributed by atoms with van der Waals surface area (Å²) in [5.74, 6) is 0.519. The first-order valence-electron chi connectivity index (χ1n) is 10.9. The first-order chi connectivity index (χ1) is 15.0. The SMILES string of the molecule is CC(C)OCCN1CCC(C(=O)Nc2cc3cc(-c4cnn(C)c4)ccc3nn2)CC1. The van der Waals surface area contributed by atoms with E-state index in [4.69, 9.17) is 4.74 Å². The van der Waals surface area contributed by atoms with E-state index in [-0.39, 0.29) is 17.9 Å². The highest BCUT2D eigenvalue weighted by molar-refractivity contribution is 5.94. The van der Waals surface area contributed by atoms with Gasteiger partial charge in [0.05, 0.1) is 24.4 Å². The smallest absolute Gasteiger partial charge is 0.228 e. The zero-order valence-electron chi connectivity index (χ0n) is 18.4. The molecule has 0 aliphatic carbocycles. The average Bonchev–Trinajstić information content (AvgIpc) is 3.20. The molecule has 4 rings (SSSR count). The average molecular weight is 423 g/mol. The molecular weight excluding hydrogens is 392 g/mol. The van der Waals surface area contributed by atoms with Crippen LogP contribution >= 0.6 is 0 Å². The van der Waals surface area contributed by atoms with Gasteiger partial charge in [-0.25, -0.2) is 0 Å². The van der Waals surface area contributed by atoms with Gasteiger partial charge in [-0.05, 0) is 63.5 Å². The van der Waals surface area contributed by atoms with Crippen LogP contribution in [0.1, 0.15) is 26.7 Å². The van der Waals surface area contributed by atoms with Crippen LogP contribution in [0.3, 0.4) is 0 Å². The van der Waals surface area contributed by atoms with Gasteiger partial charge < -0.3 is 15.0 Å². The van der Waals surface area contributed by atoms with Crippen LogP contribution in [-0.2, 0) is 16.6 Å². The van der Waals surface area contributed by atoms with E-state index in [0.29, 0.717) is 5.82 Å². The number of nitrogens with one attached hydrogen (secondary N) is 1. The molecule has 0 atom stereocenters. The van der Waals surface area contributed by atoms with Crippen molar-refractivity contribution in [3.63, 3.8) is 0 Å². The summed E-state index contributed by atoms with van der Waals surface area (Å²) in [4.78, 5) is 15.1. The summed E-state index contributed by atoms with van der Waals surface area (Å²) in [5, 5.41) is 16.6. The Labute approximate surface area is 182 Å². The zero-order valence-corrected chi connectivity index (χ0v) is 18.4. The minimum atomic E-state index is 0.00138. The van der Waals surface area contributed by atoms with Gasteiger partial charge in [-0.3, -0.25) is 9.48 Å². The van der Waals surface area contributed by atoms with Gasteiger partial charge in [-0.15, -0.1) is 10.2 Å². The highest BCUT2D eigenvalue weighted by atomic mass is 16.5. The summed E-state index contributed by atoms with van der Waals surface area (Å²) in [6.45, 7) is 7.58. The molecule has 31 heavy (non-hydrogen) atoms. The normalized spacial score (nSPS) is 15.6. The lowest BCUT2D eigenvalue weighted by molar-refractivity contribution is -0.121. The highest BCUT2D eigenvalue weighted by Crippen LogP contribution is 2.25. The maximum absolute atomic E-state index is 12.8. The van der Waals surface area contributed by atoms with Crippen molar-refractivity contribution in [1.29, 1.82) is 0 Å². The van der Waals surface area contributed by atoms with E-state index in [1.807, 2.05) is 57.6 Å². The monoisotopic (exact) mass is 422 g/mol. The molecule has 8 heteroatoms. The molecule has 0 saturated carbocycles. The molecule has 1 amide bonds. The van der Waals surface area contributed by atoms with Gasteiger partial charge in [-0.1, -0.05) is 6.07 Å². The molecule has 1 saturated heterocycles. The second-order valence-electron chi connectivity index (χ2n) is 8.43. The van der Waals surface area contributed by atoms with Crippen LogP contribution in [0.4, 0.5) is 5.82 Å². The Bertz CT molecular complexity index is 1040. The predicted octanol–water partition coefficient (Wildman–Crippen LogP) is 3.11. The van der Waals surface area contributed by atoms with Crippen molar-refractivity contribution < 1.29 is 9.53 Å². The molecule has 0 unspecified atom stereocenters. The van der Waals surface area contributed by atoms with Gasteiger partial charge in [0, 0.05) is 36.7 Å². The molecular formula is C23H30N6O2.